The predicted molar refractivity (Wildman–Crippen MR) is 56.2 cm³/mol. The largest absolute Gasteiger partial charge is 0.322 e. The van der Waals surface area contributed by atoms with Crippen LogP contribution >= 0.6 is 0 Å². The third-order valence-corrected chi connectivity index (χ3v) is 4.68. The minimum absolute atomic E-state index is 0.0129. The maximum atomic E-state index is 12.3. The van der Waals surface area contributed by atoms with Crippen LogP contribution in [0.15, 0.2) is 0 Å². The molecular formula is C12H15N3O. The Morgan fingerprint density at radius 2 is 2.12 bits per heavy atom. The summed E-state index contributed by atoms with van der Waals surface area (Å²) in [5, 5.41) is 12.5. The molecule has 4 fully saturated rings. The molecule has 0 spiro atoms. The number of fused-ring (bicyclic) bond motifs is 2. The first kappa shape index (κ1) is 9.00. The Morgan fingerprint density at radius 1 is 1.25 bits per heavy atom. The van der Waals surface area contributed by atoms with Crippen LogP contribution in [0.3, 0.4) is 0 Å². The Labute approximate surface area is 94.6 Å². The van der Waals surface area contributed by atoms with E-state index < -0.39 is 0 Å². The van der Waals surface area contributed by atoms with E-state index in [-0.39, 0.29) is 18.0 Å². The van der Waals surface area contributed by atoms with Crippen molar-refractivity contribution in [1.29, 1.82) is 5.26 Å². The molecule has 4 heteroatoms. The number of piperidine rings is 2. The topological polar surface area (TPSA) is 56.1 Å². The number of carbonyl (C=O) groups is 1. The molecule has 84 valence electrons. The van der Waals surface area contributed by atoms with Crippen molar-refractivity contribution in [1.82, 2.24) is 10.2 Å². The van der Waals surface area contributed by atoms with Gasteiger partial charge in [0, 0.05) is 12.1 Å². The molecule has 6 atom stereocenters. The molecule has 4 rings (SSSR count). The molecule has 2 aliphatic carbocycles. The number of carbonyl (C=O) groups excluding carboxylic acids is 1. The molecule has 4 nitrogen and oxygen atoms in total. The molecule has 16 heavy (non-hydrogen) atoms. The fraction of sp³-hybridized carbons (Fsp3) is 0.833. The molecule has 2 saturated heterocycles. The first-order chi connectivity index (χ1) is 7.78. The summed E-state index contributed by atoms with van der Waals surface area (Å²) in [5.41, 5.74) is 0. The van der Waals surface area contributed by atoms with Gasteiger partial charge in [-0.25, -0.2) is 0 Å². The third-order valence-electron chi connectivity index (χ3n) is 4.68. The van der Waals surface area contributed by atoms with Crippen molar-refractivity contribution in [3.05, 3.63) is 0 Å². The summed E-state index contributed by atoms with van der Waals surface area (Å²) in [6, 6.07) is 3.15. The molecule has 4 aliphatic rings. The summed E-state index contributed by atoms with van der Waals surface area (Å²) in [7, 11) is 0. The predicted octanol–water partition coefficient (Wildman–Crippen LogP) is 0.250. The van der Waals surface area contributed by atoms with Gasteiger partial charge in [0.05, 0.1) is 12.1 Å². The lowest BCUT2D eigenvalue weighted by Gasteiger charge is -2.26. The van der Waals surface area contributed by atoms with Gasteiger partial charge >= 0.3 is 0 Å². The molecule has 0 bridgehead atoms. The lowest BCUT2D eigenvalue weighted by molar-refractivity contribution is -0.134. The SMILES string of the molecule is N#C[C@@H]1C[C@@H]2C[C@@H]2N1C(=O)C1C[C@@H]2C[C@@H]2N1. The highest BCUT2D eigenvalue weighted by Gasteiger charge is 2.57. The maximum absolute atomic E-state index is 12.3. The molecule has 1 unspecified atom stereocenters. The van der Waals surface area contributed by atoms with Crippen molar-refractivity contribution < 1.29 is 4.79 Å². The zero-order valence-corrected chi connectivity index (χ0v) is 9.10. The van der Waals surface area contributed by atoms with Crippen LogP contribution in [0.25, 0.3) is 0 Å². The Bertz CT molecular complexity index is 392. The van der Waals surface area contributed by atoms with Crippen LogP contribution in [0.4, 0.5) is 0 Å². The van der Waals surface area contributed by atoms with Gasteiger partial charge in [0.15, 0.2) is 0 Å². The van der Waals surface area contributed by atoms with Crippen molar-refractivity contribution in [3.8, 4) is 6.07 Å². The van der Waals surface area contributed by atoms with Crippen LogP contribution < -0.4 is 5.32 Å². The molecule has 0 aromatic heterocycles. The Kier molecular flexibility index (Phi) is 1.56. The van der Waals surface area contributed by atoms with Gasteiger partial charge in [-0.2, -0.15) is 5.26 Å². The van der Waals surface area contributed by atoms with Crippen molar-refractivity contribution in [2.24, 2.45) is 11.8 Å². The molecule has 1 N–H and O–H groups in total. The molecule has 0 aromatic rings. The number of hydrogen-bond donors (Lipinski definition) is 1. The minimum atomic E-state index is -0.144. The fourth-order valence-corrected chi connectivity index (χ4v) is 3.58. The van der Waals surface area contributed by atoms with E-state index in [9.17, 15) is 4.79 Å². The number of rotatable bonds is 1. The molecule has 2 aliphatic heterocycles. The summed E-state index contributed by atoms with van der Waals surface area (Å²) in [4.78, 5) is 14.2. The van der Waals surface area contributed by atoms with Crippen molar-refractivity contribution in [2.45, 2.75) is 49.9 Å². The lowest BCUT2D eigenvalue weighted by atomic mass is 10.1. The summed E-state index contributed by atoms with van der Waals surface area (Å²) in [5.74, 6) is 1.57. The summed E-state index contributed by atoms with van der Waals surface area (Å²) in [6.07, 6.45) is 4.28. The Hall–Kier alpha value is -1.08. The van der Waals surface area contributed by atoms with Crippen molar-refractivity contribution in [2.75, 3.05) is 0 Å². The highest BCUT2D eigenvalue weighted by Crippen LogP contribution is 2.49. The van der Waals surface area contributed by atoms with Gasteiger partial charge in [0.1, 0.15) is 6.04 Å². The highest BCUT2D eigenvalue weighted by molar-refractivity contribution is 5.84. The van der Waals surface area contributed by atoms with Crippen LogP contribution in [-0.4, -0.2) is 35.0 Å². The van der Waals surface area contributed by atoms with E-state index in [1.165, 1.54) is 6.42 Å². The van der Waals surface area contributed by atoms with Crippen LogP contribution in [-0.2, 0) is 4.79 Å². The second kappa shape index (κ2) is 2.78. The summed E-state index contributed by atoms with van der Waals surface area (Å²) < 4.78 is 0. The second-order valence-corrected chi connectivity index (χ2v) is 5.75. The van der Waals surface area contributed by atoms with E-state index in [1.807, 2.05) is 4.90 Å². The van der Waals surface area contributed by atoms with E-state index in [0.717, 1.165) is 25.2 Å². The van der Waals surface area contributed by atoms with Crippen LogP contribution in [0, 0.1) is 23.2 Å². The smallest absolute Gasteiger partial charge is 0.241 e. The fourth-order valence-electron chi connectivity index (χ4n) is 3.58. The number of hydrogen-bond acceptors (Lipinski definition) is 3. The van der Waals surface area contributed by atoms with E-state index in [4.69, 9.17) is 5.26 Å². The number of nitrogens with one attached hydrogen (secondary N) is 1. The highest BCUT2D eigenvalue weighted by atomic mass is 16.2. The van der Waals surface area contributed by atoms with Crippen molar-refractivity contribution in [3.63, 3.8) is 0 Å². The van der Waals surface area contributed by atoms with Crippen LogP contribution in [0.5, 0.6) is 0 Å². The minimum Gasteiger partial charge on any atom is -0.322 e. The number of likely N-dealkylation sites (tertiary alicyclic amines) is 1. The van der Waals surface area contributed by atoms with Gasteiger partial charge in [-0.05, 0) is 37.5 Å². The number of nitriles is 1. The molecule has 1 amide bonds. The van der Waals surface area contributed by atoms with E-state index in [0.29, 0.717) is 18.0 Å². The van der Waals surface area contributed by atoms with Gasteiger partial charge in [-0.15, -0.1) is 0 Å². The standard InChI is InChI=1S/C12H15N3O/c13-5-8-1-7-4-11(7)15(8)12(16)10-3-6-2-9(6)14-10/h6-11,14H,1-4H2/t6-,7+,8-,9-,10?,11-/m0/s1. The van der Waals surface area contributed by atoms with E-state index in [2.05, 4.69) is 11.4 Å². The molecule has 2 heterocycles. The average molecular weight is 217 g/mol. The quantitative estimate of drug-likeness (QED) is 0.685. The maximum Gasteiger partial charge on any atom is 0.241 e. The van der Waals surface area contributed by atoms with E-state index in [1.54, 1.807) is 0 Å². The molecular weight excluding hydrogens is 202 g/mol. The van der Waals surface area contributed by atoms with Gasteiger partial charge in [0.25, 0.3) is 0 Å². The first-order valence-electron chi connectivity index (χ1n) is 6.26. The van der Waals surface area contributed by atoms with Crippen molar-refractivity contribution >= 4 is 5.91 Å². The third kappa shape index (κ3) is 1.10. The lowest BCUT2D eigenvalue weighted by Crippen LogP contribution is -2.48. The summed E-state index contributed by atoms with van der Waals surface area (Å²) in [6.45, 7) is 0. The second-order valence-electron chi connectivity index (χ2n) is 5.75. The normalized spacial score (nSPS) is 51.8. The molecule has 0 radical (unpaired) electrons. The summed E-state index contributed by atoms with van der Waals surface area (Å²) >= 11 is 0. The zero-order chi connectivity index (χ0) is 10.9. The Morgan fingerprint density at radius 3 is 2.81 bits per heavy atom. The van der Waals surface area contributed by atoms with Crippen LogP contribution in [0.1, 0.15) is 25.7 Å². The van der Waals surface area contributed by atoms with Gasteiger partial charge in [-0.1, -0.05) is 0 Å². The zero-order valence-electron chi connectivity index (χ0n) is 9.10. The molecule has 0 aromatic carbocycles. The van der Waals surface area contributed by atoms with Gasteiger partial charge in [0.2, 0.25) is 5.91 Å². The molecule has 2 saturated carbocycles. The number of amides is 1. The number of nitrogens with zero attached hydrogens (tertiary/aromatic N) is 2. The van der Waals surface area contributed by atoms with Crippen LogP contribution in [0.2, 0.25) is 0 Å². The first-order valence-corrected chi connectivity index (χ1v) is 6.26. The van der Waals surface area contributed by atoms with E-state index >= 15 is 0 Å². The van der Waals surface area contributed by atoms with Gasteiger partial charge < -0.3 is 10.2 Å². The van der Waals surface area contributed by atoms with Gasteiger partial charge in [-0.3, -0.25) is 4.79 Å². The monoisotopic (exact) mass is 217 g/mol. The Balaban J connectivity index is 1.52. The average Bonchev–Trinajstić information content (AvgIpc) is 3.16.